The van der Waals surface area contributed by atoms with E-state index in [0.29, 0.717) is 0 Å². The van der Waals surface area contributed by atoms with E-state index < -0.39 is 0 Å². The van der Waals surface area contributed by atoms with Crippen LogP contribution in [0.3, 0.4) is 0 Å². The molecule has 4 N–H and O–H groups in total. The smallest absolute Gasteiger partial charge is 0.0589 e. The Hall–Kier alpha value is -0.740. The van der Waals surface area contributed by atoms with Gasteiger partial charge in [0.25, 0.3) is 0 Å². The van der Waals surface area contributed by atoms with Crippen molar-refractivity contribution in [1.29, 1.82) is 0 Å². The molecule has 0 saturated carbocycles. The molecule has 0 aromatic rings. The predicted octanol–water partition coefficient (Wildman–Crippen LogP) is -0.0851. The van der Waals surface area contributed by atoms with Gasteiger partial charge in [0.15, 0.2) is 0 Å². The summed E-state index contributed by atoms with van der Waals surface area (Å²) in [5.74, 6) is 0. The fourth-order valence-corrected chi connectivity index (χ4v) is 1.37. The lowest BCUT2D eigenvalue weighted by Gasteiger charge is -2.22. The Labute approximate surface area is 80.1 Å². The van der Waals surface area contributed by atoms with Gasteiger partial charge in [0.1, 0.15) is 0 Å². The fourth-order valence-electron chi connectivity index (χ4n) is 1.37. The Bertz CT molecular complexity index is 176. The fraction of sp³-hybridized carbons (Fsp3) is 0.778. The van der Waals surface area contributed by atoms with Gasteiger partial charge < -0.3 is 16.1 Å². The van der Waals surface area contributed by atoms with Crippen molar-refractivity contribution in [1.82, 2.24) is 21.5 Å². The maximum Gasteiger partial charge on any atom is 0.0589 e. The van der Waals surface area contributed by atoms with E-state index in [4.69, 9.17) is 0 Å². The molecule has 0 saturated heterocycles. The first-order valence-electron chi connectivity index (χ1n) is 4.97. The molecule has 1 aliphatic heterocycles. The van der Waals surface area contributed by atoms with Crippen LogP contribution in [0.25, 0.3) is 0 Å². The molecule has 0 bridgehead atoms. The highest BCUT2D eigenvalue weighted by Gasteiger charge is 2.09. The van der Waals surface area contributed by atoms with Crippen LogP contribution in [-0.4, -0.2) is 26.7 Å². The summed E-state index contributed by atoms with van der Waals surface area (Å²) < 4.78 is 0. The third kappa shape index (κ3) is 3.24. The van der Waals surface area contributed by atoms with Gasteiger partial charge in [0.2, 0.25) is 0 Å². The van der Waals surface area contributed by atoms with Gasteiger partial charge in [0, 0.05) is 38.8 Å². The van der Waals surface area contributed by atoms with Crippen molar-refractivity contribution >= 4 is 0 Å². The molecule has 1 heterocycles. The Kier molecular flexibility index (Phi) is 4.64. The molecular formula is C9H20N4. The van der Waals surface area contributed by atoms with Gasteiger partial charge in [-0.25, -0.2) is 5.43 Å². The van der Waals surface area contributed by atoms with Crippen LogP contribution >= 0.6 is 0 Å². The summed E-state index contributed by atoms with van der Waals surface area (Å²) in [6, 6.07) is 0. The second-order valence-corrected chi connectivity index (χ2v) is 3.19. The van der Waals surface area contributed by atoms with Gasteiger partial charge in [0.05, 0.1) is 5.70 Å². The quantitative estimate of drug-likeness (QED) is 0.356. The van der Waals surface area contributed by atoms with Crippen molar-refractivity contribution in [2.45, 2.75) is 19.8 Å². The molecule has 0 amide bonds. The minimum absolute atomic E-state index is 0.923. The maximum atomic E-state index is 3.33. The van der Waals surface area contributed by atoms with Crippen LogP contribution in [0.5, 0.6) is 0 Å². The zero-order chi connectivity index (χ0) is 9.52. The van der Waals surface area contributed by atoms with Crippen LogP contribution in [0.4, 0.5) is 0 Å². The SMILES string of the molecule is CCCNNC1=C(NC)CCNC1. The van der Waals surface area contributed by atoms with Gasteiger partial charge in [-0.1, -0.05) is 6.92 Å². The summed E-state index contributed by atoms with van der Waals surface area (Å²) in [5, 5.41) is 6.54. The largest absolute Gasteiger partial charge is 0.390 e. The maximum absolute atomic E-state index is 3.33. The van der Waals surface area contributed by atoms with Crippen LogP contribution in [0, 0.1) is 0 Å². The van der Waals surface area contributed by atoms with E-state index in [1.54, 1.807) is 0 Å². The zero-order valence-corrected chi connectivity index (χ0v) is 8.54. The molecule has 0 aromatic carbocycles. The predicted molar refractivity (Wildman–Crippen MR) is 55.0 cm³/mol. The van der Waals surface area contributed by atoms with Crippen LogP contribution in [0.15, 0.2) is 11.4 Å². The monoisotopic (exact) mass is 184 g/mol. The molecule has 76 valence electrons. The Morgan fingerprint density at radius 2 is 2.23 bits per heavy atom. The summed E-state index contributed by atoms with van der Waals surface area (Å²) in [6.07, 6.45) is 2.22. The summed E-state index contributed by atoms with van der Waals surface area (Å²) in [4.78, 5) is 0. The van der Waals surface area contributed by atoms with Crippen molar-refractivity contribution in [3.8, 4) is 0 Å². The number of rotatable bonds is 5. The van der Waals surface area contributed by atoms with E-state index in [1.807, 2.05) is 7.05 Å². The minimum atomic E-state index is 0.923. The molecule has 4 nitrogen and oxygen atoms in total. The molecule has 0 radical (unpaired) electrons. The van der Waals surface area contributed by atoms with E-state index in [9.17, 15) is 0 Å². The molecule has 0 unspecified atom stereocenters. The first-order chi connectivity index (χ1) is 6.38. The molecule has 4 heteroatoms. The first kappa shape index (κ1) is 10.3. The van der Waals surface area contributed by atoms with Crippen molar-refractivity contribution in [3.63, 3.8) is 0 Å². The number of hydrazine groups is 1. The van der Waals surface area contributed by atoms with Crippen LogP contribution < -0.4 is 21.5 Å². The molecule has 1 aliphatic rings. The molecule has 0 fully saturated rings. The van der Waals surface area contributed by atoms with Gasteiger partial charge in [-0.2, -0.15) is 0 Å². The molecule has 0 aliphatic carbocycles. The Morgan fingerprint density at radius 3 is 2.92 bits per heavy atom. The summed E-state index contributed by atoms with van der Waals surface area (Å²) in [6.45, 7) is 5.14. The van der Waals surface area contributed by atoms with E-state index >= 15 is 0 Å². The number of hydrogen-bond acceptors (Lipinski definition) is 4. The van der Waals surface area contributed by atoms with Gasteiger partial charge in [-0.05, 0) is 6.42 Å². The van der Waals surface area contributed by atoms with E-state index in [0.717, 1.165) is 32.5 Å². The standard InChI is InChI=1S/C9H20N4/c1-3-5-12-13-9-7-11-6-4-8(9)10-2/h10-13H,3-7H2,1-2H3. The Morgan fingerprint density at radius 1 is 1.38 bits per heavy atom. The number of hydrogen-bond donors (Lipinski definition) is 4. The lowest BCUT2D eigenvalue weighted by Crippen LogP contribution is -2.41. The van der Waals surface area contributed by atoms with E-state index in [1.165, 1.54) is 11.4 Å². The van der Waals surface area contributed by atoms with Gasteiger partial charge in [-0.15, -0.1) is 0 Å². The van der Waals surface area contributed by atoms with E-state index in [-0.39, 0.29) is 0 Å². The third-order valence-corrected chi connectivity index (χ3v) is 2.13. The first-order valence-corrected chi connectivity index (χ1v) is 4.97. The summed E-state index contributed by atoms with van der Waals surface area (Å²) >= 11 is 0. The number of nitrogens with one attached hydrogen (secondary N) is 4. The normalized spacial score (nSPS) is 17.4. The van der Waals surface area contributed by atoms with Crippen LogP contribution in [0.1, 0.15) is 19.8 Å². The second kappa shape index (κ2) is 5.83. The highest BCUT2D eigenvalue weighted by molar-refractivity contribution is 5.14. The lowest BCUT2D eigenvalue weighted by atomic mass is 10.2. The second-order valence-electron chi connectivity index (χ2n) is 3.19. The topological polar surface area (TPSA) is 48.1 Å². The molecule has 1 rings (SSSR count). The minimum Gasteiger partial charge on any atom is -0.390 e. The van der Waals surface area contributed by atoms with Crippen LogP contribution in [-0.2, 0) is 0 Å². The van der Waals surface area contributed by atoms with E-state index in [2.05, 4.69) is 28.4 Å². The van der Waals surface area contributed by atoms with Gasteiger partial charge in [-0.3, -0.25) is 0 Å². The van der Waals surface area contributed by atoms with Crippen LogP contribution in [0.2, 0.25) is 0 Å². The van der Waals surface area contributed by atoms with Crippen molar-refractivity contribution in [2.75, 3.05) is 26.7 Å². The third-order valence-electron chi connectivity index (χ3n) is 2.13. The summed E-state index contributed by atoms with van der Waals surface area (Å²) in [7, 11) is 1.97. The Balaban J connectivity index is 2.38. The van der Waals surface area contributed by atoms with Crippen molar-refractivity contribution in [2.24, 2.45) is 0 Å². The molecule has 0 spiro atoms. The lowest BCUT2D eigenvalue weighted by molar-refractivity contribution is 0.531. The van der Waals surface area contributed by atoms with Gasteiger partial charge >= 0.3 is 0 Å². The average Bonchev–Trinajstić information content (AvgIpc) is 2.19. The molecule has 0 aromatic heterocycles. The highest BCUT2D eigenvalue weighted by atomic mass is 15.4. The molecular weight excluding hydrogens is 164 g/mol. The van der Waals surface area contributed by atoms with Crippen molar-refractivity contribution in [3.05, 3.63) is 11.4 Å². The summed E-state index contributed by atoms with van der Waals surface area (Å²) in [5.41, 5.74) is 8.96. The van der Waals surface area contributed by atoms with Crippen molar-refractivity contribution < 1.29 is 0 Å². The highest BCUT2D eigenvalue weighted by Crippen LogP contribution is 2.04. The average molecular weight is 184 g/mol. The zero-order valence-electron chi connectivity index (χ0n) is 8.54. The molecule has 0 atom stereocenters. The molecule has 13 heavy (non-hydrogen) atoms.